The van der Waals surface area contributed by atoms with Crippen LogP contribution in [0.25, 0.3) is 0 Å². The largest absolute Gasteiger partial charge is 0.496 e. The van der Waals surface area contributed by atoms with Gasteiger partial charge in [0.25, 0.3) is 5.91 Å². The monoisotopic (exact) mass is 404 g/mol. The van der Waals surface area contributed by atoms with E-state index in [1.807, 2.05) is 24.3 Å². The normalized spacial score (nSPS) is 12.6. The summed E-state index contributed by atoms with van der Waals surface area (Å²) < 4.78 is 18.8. The van der Waals surface area contributed by atoms with Crippen LogP contribution in [0.3, 0.4) is 0 Å². The van der Waals surface area contributed by atoms with Gasteiger partial charge < -0.3 is 15.0 Å². The van der Waals surface area contributed by atoms with Gasteiger partial charge in [0, 0.05) is 23.4 Å². The minimum atomic E-state index is -0.332. The van der Waals surface area contributed by atoms with E-state index in [-0.39, 0.29) is 24.1 Å². The smallest absolute Gasteiger partial charge is 0.251 e. The molecule has 6 heteroatoms. The Kier molecular flexibility index (Phi) is 5.48. The summed E-state index contributed by atoms with van der Waals surface area (Å²) in [6.07, 6.45) is 0.221. The van der Waals surface area contributed by atoms with Gasteiger partial charge in [-0.3, -0.25) is 9.59 Å². The summed E-state index contributed by atoms with van der Waals surface area (Å²) >= 11 is 0. The Morgan fingerprint density at radius 1 is 1.10 bits per heavy atom. The second-order valence-corrected chi connectivity index (χ2v) is 7.12. The third-order valence-corrected chi connectivity index (χ3v) is 5.14. The number of para-hydroxylation sites is 1. The number of ether oxygens (including phenoxy) is 1. The summed E-state index contributed by atoms with van der Waals surface area (Å²) in [5.74, 6) is 0.0901. The van der Waals surface area contributed by atoms with E-state index in [1.54, 1.807) is 42.3 Å². The first-order valence-electron chi connectivity index (χ1n) is 9.63. The first-order valence-corrected chi connectivity index (χ1v) is 9.63. The highest BCUT2D eigenvalue weighted by Gasteiger charge is 2.28. The molecule has 152 valence electrons. The van der Waals surface area contributed by atoms with Crippen molar-refractivity contribution in [2.24, 2.45) is 0 Å². The number of carbonyl (C=O) groups is 2. The van der Waals surface area contributed by atoms with E-state index in [0.29, 0.717) is 24.4 Å². The molecule has 3 aromatic carbocycles. The van der Waals surface area contributed by atoms with Gasteiger partial charge in [-0.1, -0.05) is 30.3 Å². The van der Waals surface area contributed by atoms with Crippen LogP contribution in [0.5, 0.6) is 5.75 Å². The predicted molar refractivity (Wildman–Crippen MR) is 112 cm³/mol. The molecule has 0 atom stereocenters. The van der Waals surface area contributed by atoms with E-state index in [1.165, 1.54) is 12.1 Å². The Labute approximate surface area is 174 Å². The molecule has 4 rings (SSSR count). The molecule has 0 fully saturated rings. The Balaban J connectivity index is 1.48. The highest BCUT2D eigenvalue weighted by molar-refractivity contribution is 6.03. The van der Waals surface area contributed by atoms with Crippen molar-refractivity contribution in [2.45, 2.75) is 19.5 Å². The van der Waals surface area contributed by atoms with Crippen LogP contribution in [0.4, 0.5) is 10.1 Å². The SMILES string of the molecule is COc1ccccc1CNC(=O)c1ccc2c(c1)CC(=O)N2Cc1cccc(F)c1. The lowest BCUT2D eigenvalue weighted by atomic mass is 10.1. The minimum absolute atomic E-state index is 0.0687. The van der Waals surface area contributed by atoms with E-state index in [4.69, 9.17) is 4.74 Å². The van der Waals surface area contributed by atoms with Gasteiger partial charge >= 0.3 is 0 Å². The molecular formula is C24H21FN2O3. The number of halogens is 1. The molecule has 5 nitrogen and oxygen atoms in total. The summed E-state index contributed by atoms with van der Waals surface area (Å²) in [5, 5.41) is 2.89. The molecule has 0 radical (unpaired) electrons. The van der Waals surface area contributed by atoms with Crippen molar-refractivity contribution in [1.82, 2.24) is 5.32 Å². The van der Waals surface area contributed by atoms with Crippen LogP contribution < -0.4 is 15.0 Å². The van der Waals surface area contributed by atoms with Gasteiger partial charge in [-0.25, -0.2) is 4.39 Å². The molecule has 1 N–H and O–H groups in total. The summed E-state index contributed by atoms with van der Waals surface area (Å²) in [7, 11) is 1.59. The molecule has 2 amide bonds. The molecule has 0 saturated carbocycles. The second kappa shape index (κ2) is 8.37. The Bertz CT molecular complexity index is 1110. The number of rotatable bonds is 6. The molecule has 0 spiro atoms. The van der Waals surface area contributed by atoms with E-state index in [2.05, 4.69) is 5.32 Å². The van der Waals surface area contributed by atoms with Crippen molar-refractivity contribution in [3.8, 4) is 5.75 Å². The number of carbonyl (C=O) groups excluding carboxylic acids is 2. The van der Waals surface area contributed by atoms with Gasteiger partial charge in [-0.2, -0.15) is 0 Å². The zero-order valence-electron chi connectivity index (χ0n) is 16.5. The fourth-order valence-electron chi connectivity index (χ4n) is 3.64. The van der Waals surface area contributed by atoms with Crippen molar-refractivity contribution in [3.63, 3.8) is 0 Å². The van der Waals surface area contributed by atoms with Crippen molar-refractivity contribution in [1.29, 1.82) is 0 Å². The summed E-state index contributed by atoms with van der Waals surface area (Å²) in [5.41, 5.74) is 3.64. The molecule has 0 saturated heterocycles. The number of nitrogens with zero attached hydrogens (tertiary/aromatic N) is 1. The Hall–Kier alpha value is -3.67. The summed E-state index contributed by atoms with van der Waals surface area (Å²) in [6, 6.07) is 18.9. The van der Waals surface area contributed by atoms with Crippen LogP contribution in [0.2, 0.25) is 0 Å². The highest BCUT2D eigenvalue weighted by Crippen LogP contribution is 2.31. The van der Waals surface area contributed by atoms with E-state index in [0.717, 1.165) is 22.4 Å². The molecule has 1 aliphatic heterocycles. The molecule has 0 aromatic heterocycles. The van der Waals surface area contributed by atoms with Crippen molar-refractivity contribution < 1.29 is 18.7 Å². The van der Waals surface area contributed by atoms with Crippen LogP contribution in [-0.2, 0) is 24.3 Å². The molecule has 30 heavy (non-hydrogen) atoms. The minimum Gasteiger partial charge on any atom is -0.496 e. The summed E-state index contributed by atoms with van der Waals surface area (Å²) in [4.78, 5) is 26.7. The number of anilines is 1. The fourth-order valence-corrected chi connectivity index (χ4v) is 3.64. The lowest BCUT2D eigenvalue weighted by Gasteiger charge is -2.18. The molecule has 0 bridgehead atoms. The van der Waals surface area contributed by atoms with Gasteiger partial charge in [-0.15, -0.1) is 0 Å². The molecule has 0 unspecified atom stereocenters. The van der Waals surface area contributed by atoms with Gasteiger partial charge in [0.1, 0.15) is 11.6 Å². The lowest BCUT2D eigenvalue weighted by molar-refractivity contribution is -0.117. The topological polar surface area (TPSA) is 58.6 Å². The standard InChI is InChI=1S/C24H21FN2O3/c1-30-22-8-3-2-6-18(22)14-26-24(29)17-9-10-21-19(12-17)13-23(28)27(21)15-16-5-4-7-20(25)11-16/h2-12H,13-15H2,1H3,(H,26,29). The van der Waals surface area contributed by atoms with Crippen molar-refractivity contribution >= 4 is 17.5 Å². The van der Waals surface area contributed by atoms with Gasteiger partial charge in [-0.05, 0) is 47.5 Å². The summed E-state index contributed by atoms with van der Waals surface area (Å²) in [6.45, 7) is 0.632. The number of fused-ring (bicyclic) bond motifs is 1. The predicted octanol–water partition coefficient (Wildman–Crippen LogP) is 3.85. The number of nitrogens with one attached hydrogen (secondary N) is 1. The van der Waals surface area contributed by atoms with Crippen LogP contribution >= 0.6 is 0 Å². The first-order chi connectivity index (χ1) is 14.5. The maximum atomic E-state index is 13.5. The van der Waals surface area contributed by atoms with Crippen LogP contribution in [0.15, 0.2) is 66.7 Å². The average molecular weight is 404 g/mol. The maximum Gasteiger partial charge on any atom is 0.251 e. The third kappa shape index (κ3) is 4.03. The van der Waals surface area contributed by atoms with Crippen molar-refractivity contribution in [2.75, 3.05) is 12.0 Å². The van der Waals surface area contributed by atoms with Crippen LogP contribution in [-0.4, -0.2) is 18.9 Å². The fraction of sp³-hybridized carbons (Fsp3) is 0.167. The maximum absolute atomic E-state index is 13.5. The van der Waals surface area contributed by atoms with E-state index < -0.39 is 0 Å². The van der Waals surface area contributed by atoms with Gasteiger partial charge in [0.2, 0.25) is 5.91 Å². The molecule has 0 aliphatic carbocycles. The Morgan fingerprint density at radius 3 is 2.73 bits per heavy atom. The first kappa shape index (κ1) is 19.6. The number of methoxy groups -OCH3 is 1. The molecular weight excluding hydrogens is 383 g/mol. The van der Waals surface area contributed by atoms with Gasteiger partial charge in [0.15, 0.2) is 0 Å². The van der Waals surface area contributed by atoms with E-state index >= 15 is 0 Å². The highest BCUT2D eigenvalue weighted by atomic mass is 19.1. The molecule has 1 aliphatic rings. The van der Waals surface area contributed by atoms with Crippen LogP contribution in [0, 0.1) is 5.82 Å². The lowest BCUT2D eigenvalue weighted by Crippen LogP contribution is -2.26. The van der Waals surface area contributed by atoms with E-state index in [9.17, 15) is 14.0 Å². The van der Waals surface area contributed by atoms with Crippen molar-refractivity contribution in [3.05, 3.63) is 94.8 Å². The third-order valence-electron chi connectivity index (χ3n) is 5.14. The number of benzene rings is 3. The second-order valence-electron chi connectivity index (χ2n) is 7.12. The molecule has 1 heterocycles. The van der Waals surface area contributed by atoms with Crippen LogP contribution in [0.1, 0.15) is 27.0 Å². The number of hydrogen-bond donors (Lipinski definition) is 1. The number of amides is 2. The van der Waals surface area contributed by atoms with Gasteiger partial charge in [0.05, 0.1) is 20.1 Å². The quantitative estimate of drug-likeness (QED) is 0.679. The zero-order valence-corrected chi connectivity index (χ0v) is 16.5. The average Bonchev–Trinajstić information content (AvgIpc) is 3.06. The number of hydrogen-bond acceptors (Lipinski definition) is 3. The molecule has 3 aromatic rings. The zero-order chi connectivity index (χ0) is 21.1. The Morgan fingerprint density at radius 2 is 1.93 bits per heavy atom.